The SMILES string of the molecule is CCCNCc1ccc(CS(=O)c2cc(Cl)ccc2Cl)o1. The molecule has 1 N–H and O–H groups in total. The third-order valence-corrected chi connectivity index (χ3v) is 4.91. The van der Waals surface area contributed by atoms with E-state index in [2.05, 4.69) is 12.2 Å². The van der Waals surface area contributed by atoms with Crippen LogP contribution in [0.1, 0.15) is 24.9 Å². The van der Waals surface area contributed by atoms with Crippen molar-refractivity contribution in [2.45, 2.75) is 30.5 Å². The molecule has 0 amide bonds. The summed E-state index contributed by atoms with van der Waals surface area (Å²) in [4.78, 5) is 0.534. The van der Waals surface area contributed by atoms with E-state index in [9.17, 15) is 4.21 Å². The van der Waals surface area contributed by atoms with Gasteiger partial charge in [-0.1, -0.05) is 30.1 Å². The number of nitrogens with one attached hydrogen (secondary N) is 1. The van der Waals surface area contributed by atoms with Crippen molar-refractivity contribution in [3.63, 3.8) is 0 Å². The Morgan fingerprint density at radius 3 is 2.71 bits per heavy atom. The third-order valence-electron chi connectivity index (χ3n) is 2.86. The van der Waals surface area contributed by atoms with E-state index in [0.717, 1.165) is 18.7 Å². The highest BCUT2D eigenvalue weighted by atomic mass is 35.5. The Morgan fingerprint density at radius 1 is 1.19 bits per heavy atom. The van der Waals surface area contributed by atoms with Gasteiger partial charge in [-0.05, 0) is 43.3 Å². The number of halogens is 2. The molecule has 6 heteroatoms. The summed E-state index contributed by atoms with van der Waals surface area (Å²) in [6.07, 6.45) is 1.07. The van der Waals surface area contributed by atoms with Crippen LogP contribution in [0.25, 0.3) is 0 Å². The minimum absolute atomic E-state index is 0.286. The second-order valence-corrected chi connectivity index (χ2v) is 6.87. The Morgan fingerprint density at radius 2 is 1.95 bits per heavy atom. The Balaban J connectivity index is 2.01. The van der Waals surface area contributed by atoms with Crippen LogP contribution in [0, 0.1) is 0 Å². The van der Waals surface area contributed by atoms with Gasteiger partial charge in [0.2, 0.25) is 0 Å². The smallest absolute Gasteiger partial charge is 0.118 e. The van der Waals surface area contributed by atoms with Gasteiger partial charge in [0, 0.05) is 5.02 Å². The summed E-state index contributed by atoms with van der Waals surface area (Å²) in [6.45, 7) is 3.73. The molecule has 1 atom stereocenters. The molecule has 2 rings (SSSR count). The molecular weight excluding hydrogens is 329 g/mol. The lowest BCUT2D eigenvalue weighted by atomic mass is 10.4. The van der Waals surface area contributed by atoms with Crippen molar-refractivity contribution in [1.82, 2.24) is 5.32 Å². The lowest BCUT2D eigenvalue weighted by Crippen LogP contribution is -2.13. The van der Waals surface area contributed by atoms with Crippen molar-refractivity contribution in [3.05, 3.63) is 51.9 Å². The normalized spacial score (nSPS) is 12.5. The standard InChI is InChI=1S/C15H17Cl2NO2S/c1-2-7-18-9-12-4-5-13(20-12)10-21(19)15-8-11(16)3-6-14(15)17/h3-6,8,18H,2,7,9-10H2,1H3. The summed E-state index contributed by atoms with van der Waals surface area (Å²) in [5.74, 6) is 1.80. The van der Waals surface area contributed by atoms with Crippen LogP contribution in [0.2, 0.25) is 10.0 Å². The van der Waals surface area contributed by atoms with E-state index in [0.29, 0.717) is 27.2 Å². The topological polar surface area (TPSA) is 42.2 Å². The lowest BCUT2D eigenvalue weighted by molar-refractivity contribution is 0.458. The predicted molar refractivity (Wildman–Crippen MR) is 87.3 cm³/mol. The van der Waals surface area contributed by atoms with E-state index in [4.69, 9.17) is 27.6 Å². The Bertz CT molecular complexity index is 628. The van der Waals surface area contributed by atoms with Crippen LogP contribution < -0.4 is 5.32 Å². The van der Waals surface area contributed by atoms with Crippen LogP contribution >= 0.6 is 23.2 Å². The van der Waals surface area contributed by atoms with E-state index in [1.807, 2.05) is 12.1 Å². The molecular formula is C15H17Cl2NO2S. The van der Waals surface area contributed by atoms with Gasteiger partial charge >= 0.3 is 0 Å². The molecule has 1 unspecified atom stereocenters. The molecule has 2 aromatic rings. The van der Waals surface area contributed by atoms with Gasteiger partial charge in [0.25, 0.3) is 0 Å². The Labute approximate surface area is 137 Å². The summed E-state index contributed by atoms with van der Waals surface area (Å²) in [6, 6.07) is 8.70. The molecule has 0 fully saturated rings. The lowest BCUT2D eigenvalue weighted by Gasteiger charge is -2.04. The van der Waals surface area contributed by atoms with Crippen LogP contribution in [0.5, 0.6) is 0 Å². The minimum atomic E-state index is -1.28. The van der Waals surface area contributed by atoms with Crippen molar-refractivity contribution in [2.75, 3.05) is 6.54 Å². The highest BCUT2D eigenvalue weighted by molar-refractivity contribution is 7.84. The Hall–Kier alpha value is -0.810. The molecule has 0 aliphatic heterocycles. The van der Waals surface area contributed by atoms with E-state index in [-0.39, 0.29) is 5.75 Å². The fourth-order valence-electron chi connectivity index (χ4n) is 1.84. The van der Waals surface area contributed by atoms with Crippen LogP contribution in [0.15, 0.2) is 39.6 Å². The zero-order valence-corrected chi connectivity index (χ0v) is 14.0. The number of hydrogen-bond acceptors (Lipinski definition) is 3. The van der Waals surface area contributed by atoms with Crippen molar-refractivity contribution >= 4 is 34.0 Å². The zero-order valence-electron chi connectivity index (χ0n) is 11.7. The average Bonchev–Trinajstić information content (AvgIpc) is 2.89. The van der Waals surface area contributed by atoms with Crippen LogP contribution in [-0.4, -0.2) is 10.8 Å². The molecule has 0 aliphatic carbocycles. The first-order valence-electron chi connectivity index (χ1n) is 6.72. The van der Waals surface area contributed by atoms with Crippen molar-refractivity contribution in [1.29, 1.82) is 0 Å². The third kappa shape index (κ3) is 4.85. The summed E-state index contributed by atoms with van der Waals surface area (Å²) < 4.78 is 18.0. The summed E-state index contributed by atoms with van der Waals surface area (Å²) >= 11 is 12.0. The first kappa shape index (κ1) is 16.6. The predicted octanol–water partition coefficient (Wildman–Crippen LogP) is 4.39. The van der Waals surface area contributed by atoms with E-state index >= 15 is 0 Å². The fourth-order valence-corrected chi connectivity index (χ4v) is 3.57. The van der Waals surface area contributed by atoms with Gasteiger partial charge in [0.05, 0.1) is 33.0 Å². The van der Waals surface area contributed by atoms with Gasteiger partial charge in [0.15, 0.2) is 0 Å². The molecule has 0 bridgehead atoms. The maximum atomic E-state index is 12.3. The number of furan rings is 1. The molecule has 3 nitrogen and oxygen atoms in total. The largest absolute Gasteiger partial charge is 0.464 e. The first-order valence-corrected chi connectivity index (χ1v) is 8.79. The minimum Gasteiger partial charge on any atom is -0.464 e. The summed E-state index contributed by atoms with van der Waals surface area (Å²) in [5, 5.41) is 4.23. The van der Waals surface area contributed by atoms with Crippen molar-refractivity contribution in [2.24, 2.45) is 0 Å². The van der Waals surface area contributed by atoms with Crippen LogP contribution in [-0.2, 0) is 23.1 Å². The summed E-state index contributed by atoms with van der Waals surface area (Å²) in [7, 11) is -1.28. The van der Waals surface area contributed by atoms with Crippen molar-refractivity contribution in [3.8, 4) is 0 Å². The molecule has 0 saturated heterocycles. The second kappa shape index (κ2) is 7.99. The maximum Gasteiger partial charge on any atom is 0.118 e. The first-order chi connectivity index (χ1) is 10.1. The highest BCUT2D eigenvalue weighted by Crippen LogP contribution is 2.25. The monoisotopic (exact) mass is 345 g/mol. The van der Waals surface area contributed by atoms with Gasteiger partial charge in [-0.2, -0.15) is 0 Å². The van der Waals surface area contributed by atoms with Gasteiger partial charge in [-0.25, -0.2) is 0 Å². The Kier molecular flexibility index (Phi) is 6.30. The second-order valence-electron chi connectivity index (χ2n) is 4.61. The molecule has 0 radical (unpaired) electrons. The van der Waals surface area contributed by atoms with E-state index in [1.165, 1.54) is 0 Å². The van der Waals surface area contributed by atoms with Crippen molar-refractivity contribution < 1.29 is 8.63 Å². The number of benzene rings is 1. The quantitative estimate of drug-likeness (QED) is 0.756. The molecule has 1 aromatic heterocycles. The van der Waals surface area contributed by atoms with Gasteiger partial charge < -0.3 is 9.73 Å². The van der Waals surface area contributed by atoms with Gasteiger partial charge in [0.1, 0.15) is 11.5 Å². The van der Waals surface area contributed by atoms with E-state index in [1.54, 1.807) is 18.2 Å². The molecule has 1 aromatic carbocycles. The van der Waals surface area contributed by atoms with Crippen LogP contribution in [0.3, 0.4) is 0 Å². The van der Waals surface area contributed by atoms with Crippen LogP contribution in [0.4, 0.5) is 0 Å². The maximum absolute atomic E-state index is 12.3. The highest BCUT2D eigenvalue weighted by Gasteiger charge is 2.12. The summed E-state index contributed by atoms with van der Waals surface area (Å²) in [5.41, 5.74) is 0. The average molecular weight is 346 g/mol. The van der Waals surface area contributed by atoms with Gasteiger partial charge in [-0.3, -0.25) is 4.21 Å². The van der Waals surface area contributed by atoms with E-state index < -0.39 is 10.8 Å². The molecule has 0 aliphatic rings. The number of hydrogen-bond donors (Lipinski definition) is 1. The number of rotatable bonds is 7. The molecule has 114 valence electrons. The molecule has 21 heavy (non-hydrogen) atoms. The van der Waals surface area contributed by atoms with Gasteiger partial charge in [-0.15, -0.1) is 0 Å². The fraction of sp³-hybridized carbons (Fsp3) is 0.333. The zero-order chi connectivity index (χ0) is 15.2. The molecule has 0 saturated carbocycles. The molecule has 0 spiro atoms. The molecule has 1 heterocycles.